The highest BCUT2D eigenvalue weighted by molar-refractivity contribution is 8.00. The first kappa shape index (κ1) is 32.6. The average Bonchev–Trinajstić information content (AvgIpc) is 3.26. The summed E-state index contributed by atoms with van der Waals surface area (Å²) in [5.41, 5.74) is 7.08. The Balaban J connectivity index is 1.56. The smallest absolute Gasteiger partial charge is 0.309 e. The van der Waals surface area contributed by atoms with E-state index in [4.69, 9.17) is 16.3 Å². The highest BCUT2D eigenvalue weighted by Gasteiger charge is 2.33. The Hall–Kier alpha value is -3.81. The van der Waals surface area contributed by atoms with Crippen molar-refractivity contribution in [1.82, 2.24) is 14.5 Å². The van der Waals surface area contributed by atoms with Gasteiger partial charge in [0.15, 0.2) is 0 Å². The lowest BCUT2D eigenvalue weighted by molar-refractivity contribution is -0.146. The molecule has 0 aliphatic carbocycles. The number of aromatic nitrogens is 3. The van der Waals surface area contributed by atoms with Crippen molar-refractivity contribution < 1.29 is 14.6 Å². The van der Waals surface area contributed by atoms with Crippen LogP contribution in [0.1, 0.15) is 62.7 Å². The van der Waals surface area contributed by atoms with Crippen molar-refractivity contribution in [1.29, 1.82) is 0 Å². The third-order valence-corrected chi connectivity index (χ3v) is 9.20. The number of aliphatic carboxylic acids is 1. The van der Waals surface area contributed by atoms with Gasteiger partial charge in [0.1, 0.15) is 12.4 Å². The van der Waals surface area contributed by atoms with E-state index in [1.807, 2.05) is 49.6 Å². The summed E-state index contributed by atoms with van der Waals surface area (Å²) in [7, 11) is 0. The molecule has 0 aliphatic heterocycles. The van der Waals surface area contributed by atoms with Gasteiger partial charge >= 0.3 is 5.97 Å². The Morgan fingerprint density at radius 2 is 1.67 bits per heavy atom. The van der Waals surface area contributed by atoms with E-state index in [2.05, 4.69) is 71.7 Å². The molecule has 0 spiro atoms. The minimum Gasteiger partial charge on any atom is -0.487 e. The minimum absolute atomic E-state index is 0.0996. The zero-order valence-electron chi connectivity index (χ0n) is 26.7. The molecule has 0 fully saturated rings. The van der Waals surface area contributed by atoms with Crippen LogP contribution < -0.4 is 4.74 Å². The molecule has 234 valence electrons. The topological polar surface area (TPSA) is 77.2 Å². The fourth-order valence-corrected chi connectivity index (χ4v) is 6.44. The molecule has 0 atom stereocenters. The molecule has 0 unspecified atom stereocenters. The van der Waals surface area contributed by atoms with Crippen molar-refractivity contribution in [3.8, 4) is 17.0 Å². The number of fused-ring (bicyclic) bond motifs is 1. The molecule has 5 rings (SSSR count). The molecule has 3 heterocycles. The van der Waals surface area contributed by atoms with Crippen molar-refractivity contribution in [3.05, 3.63) is 107 Å². The number of rotatable bonds is 11. The van der Waals surface area contributed by atoms with Crippen LogP contribution in [0.3, 0.4) is 0 Å². The highest BCUT2D eigenvalue weighted by atomic mass is 35.5. The van der Waals surface area contributed by atoms with Crippen LogP contribution in [-0.2, 0) is 30.2 Å². The molecule has 5 aromatic rings. The number of halogens is 1. The molecule has 0 saturated carbocycles. The maximum atomic E-state index is 12.4. The van der Waals surface area contributed by atoms with Gasteiger partial charge in [0.05, 0.1) is 16.8 Å². The number of carbonyl (C=O) groups is 1. The van der Waals surface area contributed by atoms with Crippen molar-refractivity contribution in [2.45, 2.75) is 76.6 Å². The maximum absolute atomic E-state index is 12.4. The molecule has 0 aliphatic rings. The molecule has 45 heavy (non-hydrogen) atoms. The number of aryl methyl sites for hydroxylation is 1. The van der Waals surface area contributed by atoms with Gasteiger partial charge in [0.25, 0.3) is 0 Å². The van der Waals surface area contributed by atoms with Crippen LogP contribution in [0, 0.1) is 12.3 Å². The number of carboxylic acids is 1. The van der Waals surface area contributed by atoms with Crippen molar-refractivity contribution in [3.63, 3.8) is 0 Å². The van der Waals surface area contributed by atoms with Crippen LogP contribution in [0.5, 0.6) is 5.75 Å². The van der Waals surface area contributed by atoms with Crippen LogP contribution in [-0.4, -0.2) is 30.4 Å². The highest BCUT2D eigenvalue weighted by Crippen LogP contribution is 2.44. The van der Waals surface area contributed by atoms with Gasteiger partial charge in [-0.3, -0.25) is 14.8 Å². The number of nitrogens with zero attached hydrogens (tertiary/aromatic N) is 3. The molecule has 0 radical (unpaired) electrons. The number of thioether (sulfide) groups is 1. The van der Waals surface area contributed by atoms with Gasteiger partial charge in [-0.1, -0.05) is 57.2 Å². The van der Waals surface area contributed by atoms with Crippen molar-refractivity contribution in [2.24, 2.45) is 5.41 Å². The van der Waals surface area contributed by atoms with Gasteiger partial charge in [-0.05, 0) is 67.8 Å². The second-order valence-corrected chi connectivity index (χ2v) is 15.2. The SMILES string of the molecule is Cc1ccc(COc2ccc3c(c2)c(SC(C)(C)C)c(CC(C)(C)C(=O)O)n3Cc2ccc(-c3ccc(CCl)cn3)cc2)nc1. The van der Waals surface area contributed by atoms with Crippen LogP contribution in [0.25, 0.3) is 22.2 Å². The van der Waals surface area contributed by atoms with Crippen LogP contribution in [0.4, 0.5) is 0 Å². The monoisotopic (exact) mass is 641 g/mol. The Morgan fingerprint density at radius 1 is 0.933 bits per heavy atom. The largest absolute Gasteiger partial charge is 0.487 e. The van der Waals surface area contributed by atoms with Gasteiger partial charge in [0, 0.05) is 63.0 Å². The second-order valence-electron chi connectivity index (χ2n) is 13.1. The molecule has 8 heteroatoms. The van der Waals surface area contributed by atoms with E-state index < -0.39 is 11.4 Å². The molecule has 1 N–H and O–H groups in total. The zero-order chi connectivity index (χ0) is 32.4. The molecule has 3 aromatic heterocycles. The van der Waals surface area contributed by atoms with Crippen molar-refractivity contribution in [2.75, 3.05) is 0 Å². The van der Waals surface area contributed by atoms with Crippen LogP contribution in [0.2, 0.25) is 0 Å². The Labute approximate surface area is 274 Å². The lowest BCUT2D eigenvalue weighted by Crippen LogP contribution is -2.28. The summed E-state index contributed by atoms with van der Waals surface area (Å²) in [5, 5.41) is 11.2. The fourth-order valence-electron chi connectivity index (χ4n) is 5.10. The number of benzene rings is 2. The minimum atomic E-state index is -0.958. The summed E-state index contributed by atoms with van der Waals surface area (Å²) in [6.45, 7) is 13.1. The molecular formula is C37H40ClN3O3S. The summed E-state index contributed by atoms with van der Waals surface area (Å²) in [4.78, 5) is 22.5. The van der Waals surface area contributed by atoms with Crippen LogP contribution in [0.15, 0.2) is 84.0 Å². The summed E-state index contributed by atoms with van der Waals surface area (Å²) >= 11 is 7.71. The predicted molar refractivity (Wildman–Crippen MR) is 184 cm³/mol. The summed E-state index contributed by atoms with van der Waals surface area (Å²) in [5.74, 6) is 0.363. The van der Waals surface area contributed by atoms with E-state index >= 15 is 0 Å². The van der Waals surface area contributed by atoms with Gasteiger partial charge in [-0.25, -0.2) is 0 Å². The van der Waals surface area contributed by atoms with Gasteiger partial charge in [-0.2, -0.15) is 0 Å². The first-order chi connectivity index (χ1) is 21.3. The fraction of sp³-hybridized carbons (Fsp3) is 0.324. The third-order valence-electron chi connectivity index (χ3n) is 7.62. The normalized spacial score (nSPS) is 12.1. The number of hydrogen-bond donors (Lipinski definition) is 1. The Kier molecular flexibility index (Phi) is 9.61. The van der Waals surface area contributed by atoms with E-state index in [1.165, 1.54) is 0 Å². The number of ether oxygens (including phenoxy) is 1. The molecule has 0 bridgehead atoms. The number of alkyl halides is 1. The summed E-state index contributed by atoms with van der Waals surface area (Å²) in [6.07, 6.45) is 4.03. The van der Waals surface area contributed by atoms with E-state index in [1.54, 1.807) is 25.6 Å². The molecule has 2 aromatic carbocycles. The Bertz CT molecular complexity index is 1790. The maximum Gasteiger partial charge on any atom is 0.309 e. The average molecular weight is 642 g/mol. The first-order valence-electron chi connectivity index (χ1n) is 15.0. The van der Waals surface area contributed by atoms with Crippen molar-refractivity contribution >= 4 is 40.2 Å². The first-order valence-corrected chi connectivity index (χ1v) is 16.4. The lowest BCUT2D eigenvalue weighted by atomic mass is 9.88. The van der Waals surface area contributed by atoms with E-state index in [0.29, 0.717) is 25.5 Å². The summed E-state index contributed by atoms with van der Waals surface area (Å²) < 4.78 is 8.39. The van der Waals surface area contributed by atoms with Gasteiger partial charge in [-0.15, -0.1) is 23.4 Å². The second kappa shape index (κ2) is 13.3. The standard InChI is InChI=1S/C37H40ClN3O3S/c1-24-7-13-28(39-20-24)23-44-29-14-16-32-30(17-29)34(45-36(2,3)4)33(18-37(5,6)35(42)43)41(32)22-25-8-11-27(12-9-25)31-15-10-26(19-38)21-40-31/h7-17,20-21H,18-19,22-23H2,1-6H3,(H,42,43). The zero-order valence-corrected chi connectivity index (χ0v) is 28.3. The number of hydrogen-bond acceptors (Lipinski definition) is 5. The third kappa shape index (κ3) is 7.89. The Morgan fingerprint density at radius 3 is 2.27 bits per heavy atom. The van der Waals surface area contributed by atoms with Gasteiger partial charge in [0.2, 0.25) is 0 Å². The van der Waals surface area contributed by atoms with E-state index in [0.717, 1.165) is 60.9 Å². The summed E-state index contributed by atoms with van der Waals surface area (Å²) in [6, 6.07) is 22.6. The molecule has 0 amide bonds. The van der Waals surface area contributed by atoms with E-state index in [-0.39, 0.29) is 4.75 Å². The molecule has 0 saturated heterocycles. The molecular weight excluding hydrogens is 602 g/mol. The number of pyridine rings is 2. The lowest BCUT2D eigenvalue weighted by Gasteiger charge is -2.24. The van der Waals surface area contributed by atoms with E-state index in [9.17, 15) is 9.90 Å². The van der Waals surface area contributed by atoms with Crippen LogP contribution >= 0.6 is 23.4 Å². The molecule has 6 nitrogen and oxygen atoms in total. The quantitative estimate of drug-likeness (QED) is 0.114. The predicted octanol–water partition coefficient (Wildman–Crippen LogP) is 9.32. The van der Waals surface area contributed by atoms with Gasteiger partial charge < -0.3 is 14.4 Å². The number of carboxylic acid groups (broad SMARTS) is 1.